The van der Waals surface area contributed by atoms with Gasteiger partial charge >= 0.3 is 0 Å². The van der Waals surface area contributed by atoms with E-state index >= 15 is 0 Å². The number of benzene rings is 1. The quantitative estimate of drug-likeness (QED) is 0.703. The zero-order valence-electron chi connectivity index (χ0n) is 12.6. The molecular formula is C17H16N4S2. The molecule has 116 valence electrons. The van der Waals surface area contributed by atoms with E-state index in [9.17, 15) is 0 Å². The minimum Gasteiger partial charge on any atom is -0.357 e. The predicted octanol–water partition coefficient (Wildman–Crippen LogP) is 4.00. The fourth-order valence-corrected chi connectivity index (χ4v) is 2.91. The van der Waals surface area contributed by atoms with E-state index in [0.29, 0.717) is 11.7 Å². The summed E-state index contributed by atoms with van der Waals surface area (Å²) in [7, 11) is 0. The first-order chi connectivity index (χ1) is 11.2. The van der Waals surface area contributed by atoms with Gasteiger partial charge in [0.1, 0.15) is 0 Å². The maximum Gasteiger partial charge on any atom is 0.171 e. The number of aryl methyl sites for hydroxylation is 1. The standard InChI is InChI=1S/C17H16N4S2/c1-12-20-16(11-23-12)13-5-4-7-14(9-13)21-17(22)19-10-15-6-2-3-8-18-15/h2-9,11H,10H2,1H3,(H2,19,21,22). The van der Waals surface area contributed by atoms with Gasteiger partial charge in [0.15, 0.2) is 5.11 Å². The molecular weight excluding hydrogens is 324 g/mol. The maximum atomic E-state index is 5.34. The minimum absolute atomic E-state index is 0.572. The summed E-state index contributed by atoms with van der Waals surface area (Å²) in [5, 5.41) is 10.0. The molecule has 0 bridgehead atoms. The Morgan fingerprint density at radius 3 is 2.87 bits per heavy atom. The van der Waals surface area contributed by atoms with Crippen molar-refractivity contribution in [3.05, 3.63) is 64.7 Å². The van der Waals surface area contributed by atoms with Crippen LogP contribution in [0, 0.1) is 6.92 Å². The van der Waals surface area contributed by atoms with E-state index < -0.39 is 0 Å². The Morgan fingerprint density at radius 2 is 2.13 bits per heavy atom. The highest BCUT2D eigenvalue weighted by molar-refractivity contribution is 7.80. The molecule has 0 saturated heterocycles. The number of hydrogen-bond donors (Lipinski definition) is 2. The van der Waals surface area contributed by atoms with Gasteiger partial charge in [0, 0.05) is 22.8 Å². The molecule has 0 spiro atoms. The van der Waals surface area contributed by atoms with Crippen LogP contribution in [0.15, 0.2) is 54.0 Å². The first-order valence-electron chi connectivity index (χ1n) is 7.18. The molecule has 23 heavy (non-hydrogen) atoms. The molecule has 3 rings (SSSR count). The Balaban J connectivity index is 1.62. The van der Waals surface area contributed by atoms with E-state index in [1.54, 1.807) is 17.5 Å². The summed E-state index contributed by atoms with van der Waals surface area (Å²) in [5.41, 5.74) is 3.95. The van der Waals surface area contributed by atoms with Gasteiger partial charge in [-0.05, 0) is 43.4 Å². The molecule has 3 aromatic rings. The fourth-order valence-electron chi connectivity index (χ4n) is 2.10. The molecule has 0 aliphatic rings. The van der Waals surface area contributed by atoms with E-state index in [2.05, 4.69) is 26.0 Å². The molecule has 0 fully saturated rings. The number of anilines is 1. The Kier molecular flexibility index (Phi) is 4.95. The van der Waals surface area contributed by atoms with Gasteiger partial charge in [-0.3, -0.25) is 4.98 Å². The summed E-state index contributed by atoms with van der Waals surface area (Å²) in [5.74, 6) is 0. The molecule has 1 aromatic carbocycles. The SMILES string of the molecule is Cc1nc(-c2cccc(NC(=S)NCc3ccccn3)c2)cs1. The Morgan fingerprint density at radius 1 is 1.22 bits per heavy atom. The summed E-state index contributed by atoms with van der Waals surface area (Å²) >= 11 is 6.98. The molecule has 6 heteroatoms. The highest BCUT2D eigenvalue weighted by Gasteiger charge is 2.04. The summed E-state index contributed by atoms with van der Waals surface area (Å²) in [6.07, 6.45) is 1.77. The zero-order chi connectivity index (χ0) is 16.1. The predicted molar refractivity (Wildman–Crippen MR) is 99.6 cm³/mol. The number of nitrogens with zero attached hydrogens (tertiary/aromatic N) is 2. The van der Waals surface area contributed by atoms with Gasteiger partial charge in [-0.1, -0.05) is 18.2 Å². The lowest BCUT2D eigenvalue weighted by Crippen LogP contribution is -2.28. The second-order valence-corrected chi connectivity index (χ2v) is 6.43. The van der Waals surface area contributed by atoms with Gasteiger partial charge in [-0.15, -0.1) is 11.3 Å². The van der Waals surface area contributed by atoms with Crippen LogP contribution < -0.4 is 10.6 Å². The highest BCUT2D eigenvalue weighted by atomic mass is 32.1. The first kappa shape index (κ1) is 15.6. The average molecular weight is 340 g/mol. The third-order valence-corrected chi connectivity index (χ3v) is 4.21. The van der Waals surface area contributed by atoms with Crippen LogP contribution in [0.3, 0.4) is 0 Å². The van der Waals surface area contributed by atoms with Crippen LogP contribution >= 0.6 is 23.6 Å². The molecule has 0 atom stereocenters. The number of hydrogen-bond acceptors (Lipinski definition) is 4. The minimum atomic E-state index is 0.572. The van der Waals surface area contributed by atoms with E-state index in [-0.39, 0.29) is 0 Å². The Labute approximate surface area is 144 Å². The number of nitrogens with one attached hydrogen (secondary N) is 2. The van der Waals surface area contributed by atoms with Crippen molar-refractivity contribution in [3.8, 4) is 11.3 Å². The molecule has 0 aliphatic carbocycles. The van der Waals surface area contributed by atoms with Gasteiger partial charge in [0.05, 0.1) is 22.9 Å². The molecule has 0 unspecified atom stereocenters. The van der Waals surface area contributed by atoms with Crippen molar-refractivity contribution in [2.24, 2.45) is 0 Å². The molecule has 4 nitrogen and oxygen atoms in total. The van der Waals surface area contributed by atoms with E-state index in [0.717, 1.165) is 27.6 Å². The van der Waals surface area contributed by atoms with Gasteiger partial charge in [-0.25, -0.2) is 4.98 Å². The number of thiazole rings is 1. The molecule has 2 heterocycles. The highest BCUT2D eigenvalue weighted by Crippen LogP contribution is 2.24. The van der Waals surface area contributed by atoms with E-state index in [1.165, 1.54) is 0 Å². The smallest absolute Gasteiger partial charge is 0.171 e. The first-order valence-corrected chi connectivity index (χ1v) is 8.47. The van der Waals surface area contributed by atoms with Crippen molar-refractivity contribution < 1.29 is 0 Å². The second kappa shape index (κ2) is 7.30. The van der Waals surface area contributed by atoms with Crippen molar-refractivity contribution in [2.45, 2.75) is 13.5 Å². The van der Waals surface area contributed by atoms with Crippen LogP contribution in [0.5, 0.6) is 0 Å². The van der Waals surface area contributed by atoms with E-state index in [1.807, 2.05) is 49.4 Å². The summed E-state index contributed by atoms with van der Waals surface area (Å²) in [6, 6.07) is 13.9. The van der Waals surface area contributed by atoms with Crippen LogP contribution in [0.25, 0.3) is 11.3 Å². The molecule has 2 N–H and O–H groups in total. The van der Waals surface area contributed by atoms with Crippen LogP contribution in [0.1, 0.15) is 10.7 Å². The van der Waals surface area contributed by atoms with Crippen molar-refractivity contribution in [1.82, 2.24) is 15.3 Å². The van der Waals surface area contributed by atoms with Gasteiger partial charge in [0.2, 0.25) is 0 Å². The van der Waals surface area contributed by atoms with Crippen LogP contribution in [0.2, 0.25) is 0 Å². The van der Waals surface area contributed by atoms with Crippen LogP contribution in [-0.4, -0.2) is 15.1 Å². The normalized spacial score (nSPS) is 10.3. The van der Waals surface area contributed by atoms with Gasteiger partial charge < -0.3 is 10.6 Å². The topological polar surface area (TPSA) is 49.8 Å². The molecule has 0 aliphatic heterocycles. The molecule has 2 aromatic heterocycles. The number of pyridine rings is 1. The van der Waals surface area contributed by atoms with E-state index in [4.69, 9.17) is 12.2 Å². The van der Waals surface area contributed by atoms with Crippen LogP contribution in [-0.2, 0) is 6.54 Å². The number of rotatable bonds is 4. The molecule has 0 saturated carbocycles. The maximum absolute atomic E-state index is 5.34. The third-order valence-electron chi connectivity index (χ3n) is 3.19. The van der Waals surface area contributed by atoms with Gasteiger partial charge in [-0.2, -0.15) is 0 Å². The Bertz CT molecular complexity index is 799. The summed E-state index contributed by atoms with van der Waals surface area (Å²) in [4.78, 5) is 8.77. The van der Waals surface area contributed by atoms with Crippen molar-refractivity contribution in [3.63, 3.8) is 0 Å². The van der Waals surface area contributed by atoms with Crippen molar-refractivity contribution in [1.29, 1.82) is 0 Å². The summed E-state index contributed by atoms with van der Waals surface area (Å²) in [6.45, 7) is 2.60. The van der Waals surface area contributed by atoms with Crippen molar-refractivity contribution >= 4 is 34.4 Å². The number of aromatic nitrogens is 2. The van der Waals surface area contributed by atoms with Crippen LogP contribution in [0.4, 0.5) is 5.69 Å². The monoisotopic (exact) mass is 340 g/mol. The largest absolute Gasteiger partial charge is 0.357 e. The second-order valence-electron chi connectivity index (χ2n) is 4.96. The molecule has 0 radical (unpaired) electrons. The zero-order valence-corrected chi connectivity index (χ0v) is 14.2. The summed E-state index contributed by atoms with van der Waals surface area (Å²) < 4.78 is 0. The lowest BCUT2D eigenvalue weighted by molar-refractivity contribution is 0.882. The lowest BCUT2D eigenvalue weighted by Gasteiger charge is -2.11. The molecule has 0 amide bonds. The average Bonchev–Trinajstić information content (AvgIpc) is 3.01. The number of thiocarbonyl (C=S) groups is 1. The van der Waals surface area contributed by atoms with Crippen molar-refractivity contribution in [2.75, 3.05) is 5.32 Å². The lowest BCUT2D eigenvalue weighted by atomic mass is 10.1. The van der Waals surface area contributed by atoms with Gasteiger partial charge in [0.25, 0.3) is 0 Å². The Hall–Kier alpha value is -2.31. The third kappa shape index (κ3) is 4.34. The fraction of sp³-hybridized carbons (Fsp3) is 0.118.